The van der Waals surface area contributed by atoms with Gasteiger partial charge in [-0.05, 0) is 35.4 Å². The van der Waals surface area contributed by atoms with E-state index in [1.165, 1.54) is 18.3 Å². The van der Waals surface area contributed by atoms with Crippen LogP contribution in [0.25, 0.3) is 22.2 Å². The Morgan fingerprint density at radius 2 is 1.85 bits per heavy atom. The molecular formula is C25H24N4O4S. The summed E-state index contributed by atoms with van der Waals surface area (Å²) in [5, 5.41) is 12.4. The molecule has 4 rings (SSSR count). The fourth-order valence-corrected chi connectivity index (χ4v) is 4.16. The van der Waals surface area contributed by atoms with Crippen molar-refractivity contribution in [2.75, 3.05) is 5.32 Å². The highest BCUT2D eigenvalue weighted by Crippen LogP contribution is 2.26. The van der Waals surface area contributed by atoms with Crippen LogP contribution < -0.4 is 16.0 Å². The summed E-state index contributed by atoms with van der Waals surface area (Å²) in [7, 11) is 0. The molecule has 0 aliphatic rings. The second kappa shape index (κ2) is 10.3. The summed E-state index contributed by atoms with van der Waals surface area (Å²) < 4.78 is 5.69. The number of aromatic nitrogens is 1. The summed E-state index contributed by atoms with van der Waals surface area (Å²) in [5.74, 6) is 0.397. The third-order valence-corrected chi connectivity index (χ3v) is 5.92. The highest BCUT2D eigenvalue weighted by atomic mass is 32.1. The van der Waals surface area contributed by atoms with Gasteiger partial charge in [0.05, 0.1) is 13.0 Å². The van der Waals surface area contributed by atoms with Crippen molar-refractivity contribution in [3.05, 3.63) is 71.3 Å². The van der Waals surface area contributed by atoms with E-state index in [4.69, 9.17) is 4.42 Å². The van der Waals surface area contributed by atoms with Crippen molar-refractivity contribution in [3.63, 3.8) is 0 Å². The van der Waals surface area contributed by atoms with Crippen LogP contribution in [0.4, 0.5) is 5.13 Å². The second-order valence-corrected chi connectivity index (χ2v) is 8.67. The number of furan rings is 1. The van der Waals surface area contributed by atoms with Crippen molar-refractivity contribution in [3.8, 4) is 11.5 Å². The maximum atomic E-state index is 12.6. The van der Waals surface area contributed by atoms with Gasteiger partial charge < -0.3 is 20.4 Å². The van der Waals surface area contributed by atoms with Gasteiger partial charge in [0.15, 0.2) is 10.9 Å². The average Bonchev–Trinajstić information content (AvgIpc) is 3.47. The summed E-state index contributed by atoms with van der Waals surface area (Å²) in [5.41, 5.74) is 1.48. The highest BCUT2D eigenvalue weighted by molar-refractivity contribution is 7.14. The minimum atomic E-state index is -0.734. The number of nitrogens with zero attached hydrogens (tertiary/aromatic N) is 1. The zero-order chi connectivity index (χ0) is 24.1. The average molecular weight is 477 g/mol. The molecule has 34 heavy (non-hydrogen) atoms. The summed E-state index contributed by atoms with van der Waals surface area (Å²) in [6.07, 6.45) is 0.180. The first-order valence-corrected chi connectivity index (χ1v) is 11.6. The van der Waals surface area contributed by atoms with Crippen molar-refractivity contribution in [2.24, 2.45) is 0 Å². The molecule has 0 fully saturated rings. The molecule has 2 heterocycles. The van der Waals surface area contributed by atoms with Crippen molar-refractivity contribution in [2.45, 2.75) is 32.9 Å². The van der Waals surface area contributed by atoms with E-state index in [0.717, 1.165) is 16.3 Å². The lowest BCUT2D eigenvalue weighted by Gasteiger charge is -2.13. The van der Waals surface area contributed by atoms with Gasteiger partial charge in [0.25, 0.3) is 0 Å². The molecular weight excluding hydrogens is 452 g/mol. The smallest absolute Gasteiger partial charge is 0.248 e. The third kappa shape index (κ3) is 5.68. The summed E-state index contributed by atoms with van der Waals surface area (Å²) in [4.78, 5) is 40.6. The monoisotopic (exact) mass is 476 g/mol. The van der Waals surface area contributed by atoms with Gasteiger partial charge in [0.1, 0.15) is 17.5 Å². The third-order valence-electron chi connectivity index (χ3n) is 5.16. The van der Waals surface area contributed by atoms with Crippen LogP contribution in [0, 0.1) is 0 Å². The molecule has 0 radical (unpaired) electrons. The Balaban J connectivity index is 1.33. The van der Waals surface area contributed by atoms with Gasteiger partial charge in [-0.1, -0.05) is 42.5 Å². The van der Waals surface area contributed by atoms with Crippen LogP contribution >= 0.6 is 11.3 Å². The quantitative estimate of drug-likeness (QED) is 0.357. The number of amides is 3. The Labute approximate surface area is 200 Å². The molecule has 174 valence electrons. The van der Waals surface area contributed by atoms with Gasteiger partial charge in [0.2, 0.25) is 17.7 Å². The van der Waals surface area contributed by atoms with Crippen molar-refractivity contribution in [1.29, 1.82) is 0 Å². The number of nitrogens with one attached hydrogen (secondary N) is 3. The first-order valence-electron chi connectivity index (χ1n) is 10.7. The first-order chi connectivity index (χ1) is 16.4. The minimum absolute atomic E-state index is 0.144. The van der Waals surface area contributed by atoms with Crippen molar-refractivity contribution in [1.82, 2.24) is 15.6 Å². The SMILES string of the molecule is CC(=O)NCc1ccc(-c2csc(NC(=O)[C@H](C)NC(=O)Cc3cccc4ccccc34)n2)o1. The van der Waals surface area contributed by atoms with Gasteiger partial charge in [0, 0.05) is 12.3 Å². The molecule has 9 heteroatoms. The maximum Gasteiger partial charge on any atom is 0.248 e. The summed E-state index contributed by atoms with van der Waals surface area (Å²) in [6, 6.07) is 16.5. The van der Waals surface area contributed by atoms with E-state index in [9.17, 15) is 14.4 Å². The highest BCUT2D eigenvalue weighted by Gasteiger charge is 2.18. The van der Waals surface area contributed by atoms with Crippen LogP contribution in [0.15, 0.2) is 64.4 Å². The van der Waals surface area contributed by atoms with E-state index < -0.39 is 6.04 Å². The van der Waals surface area contributed by atoms with Gasteiger partial charge in [-0.3, -0.25) is 14.4 Å². The largest absolute Gasteiger partial charge is 0.458 e. The number of fused-ring (bicyclic) bond motifs is 1. The van der Waals surface area contributed by atoms with Gasteiger partial charge >= 0.3 is 0 Å². The Bertz CT molecular complexity index is 1340. The number of hydrogen-bond acceptors (Lipinski definition) is 6. The van der Waals surface area contributed by atoms with E-state index in [2.05, 4.69) is 20.9 Å². The van der Waals surface area contributed by atoms with E-state index >= 15 is 0 Å². The molecule has 0 saturated heterocycles. The number of carbonyl (C=O) groups is 3. The van der Waals surface area contributed by atoms with E-state index in [1.807, 2.05) is 42.5 Å². The van der Waals surface area contributed by atoms with Crippen LogP contribution in [-0.4, -0.2) is 28.7 Å². The molecule has 0 saturated carbocycles. The number of rotatable bonds is 8. The van der Waals surface area contributed by atoms with Crippen molar-refractivity contribution < 1.29 is 18.8 Å². The number of hydrogen-bond donors (Lipinski definition) is 3. The van der Waals surface area contributed by atoms with Crippen LogP contribution in [-0.2, 0) is 27.3 Å². The van der Waals surface area contributed by atoms with Crippen LogP contribution in [0.2, 0.25) is 0 Å². The van der Waals surface area contributed by atoms with E-state index in [1.54, 1.807) is 24.4 Å². The molecule has 0 unspecified atom stereocenters. The molecule has 0 aliphatic heterocycles. The predicted octanol–water partition coefficient (Wildman–Crippen LogP) is 3.88. The van der Waals surface area contributed by atoms with Gasteiger partial charge in [-0.15, -0.1) is 11.3 Å². The molecule has 4 aromatic rings. The fourth-order valence-electron chi connectivity index (χ4n) is 3.46. The molecule has 0 aliphatic carbocycles. The van der Waals surface area contributed by atoms with Crippen molar-refractivity contribution >= 4 is 45.0 Å². The first kappa shape index (κ1) is 23.2. The molecule has 2 aromatic heterocycles. The molecule has 0 bridgehead atoms. The number of carbonyl (C=O) groups excluding carboxylic acids is 3. The van der Waals surface area contributed by atoms with Gasteiger partial charge in [-0.2, -0.15) is 0 Å². The molecule has 3 amide bonds. The Hall–Kier alpha value is -3.98. The molecule has 2 aromatic carbocycles. The lowest BCUT2D eigenvalue weighted by Crippen LogP contribution is -2.42. The molecule has 8 nitrogen and oxygen atoms in total. The lowest BCUT2D eigenvalue weighted by atomic mass is 10.0. The number of anilines is 1. The standard InChI is InChI=1S/C25H24N4O4S/c1-15(27-23(31)12-18-8-5-7-17-6-3-4-9-20(17)18)24(32)29-25-28-21(14-34-25)22-11-10-19(33-22)13-26-16(2)30/h3-11,14-15H,12-13H2,1-2H3,(H,26,30)(H,27,31)(H,28,29,32)/t15-/m0/s1. The minimum Gasteiger partial charge on any atom is -0.458 e. The summed E-state index contributed by atoms with van der Waals surface area (Å²) in [6.45, 7) is 3.36. The van der Waals surface area contributed by atoms with E-state index in [-0.39, 0.29) is 24.1 Å². The predicted molar refractivity (Wildman–Crippen MR) is 131 cm³/mol. The maximum absolute atomic E-state index is 12.6. The zero-order valence-electron chi connectivity index (χ0n) is 18.8. The topological polar surface area (TPSA) is 113 Å². The Morgan fingerprint density at radius 3 is 2.68 bits per heavy atom. The van der Waals surface area contributed by atoms with E-state index in [0.29, 0.717) is 28.9 Å². The Morgan fingerprint density at radius 1 is 1.06 bits per heavy atom. The molecule has 1 atom stereocenters. The zero-order valence-corrected chi connectivity index (χ0v) is 19.6. The van der Waals surface area contributed by atoms with Crippen LogP contribution in [0.1, 0.15) is 25.2 Å². The fraction of sp³-hybridized carbons (Fsp3) is 0.200. The normalized spacial score (nSPS) is 11.7. The lowest BCUT2D eigenvalue weighted by molar-refractivity contribution is -0.125. The Kier molecular flexibility index (Phi) is 7.03. The number of benzene rings is 2. The molecule has 0 spiro atoms. The second-order valence-electron chi connectivity index (χ2n) is 7.81. The summed E-state index contributed by atoms with van der Waals surface area (Å²) >= 11 is 1.26. The molecule has 3 N–H and O–H groups in total. The van der Waals surface area contributed by atoms with Crippen LogP contribution in [0.5, 0.6) is 0 Å². The number of thiazole rings is 1. The van der Waals surface area contributed by atoms with Crippen LogP contribution in [0.3, 0.4) is 0 Å². The van der Waals surface area contributed by atoms with Gasteiger partial charge in [-0.25, -0.2) is 4.98 Å².